The molecule has 5 nitrogen and oxygen atoms in total. The first-order valence-electron chi connectivity index (χ1n) is 11.2. The van der Waals surface area contributed by atoms with E-state index in [9.17, 15) is 79.4 Å². The van der Waals surface area contributed by atoms with E-state index in [1.165, 1.54) is 18.2 Å². The van der Waals surface area contributed by atoms with Gasteiger partial charge in [0.2, 0.25) is 0 Å². The number of carbonyl (C=O) groups is 1. The third-order valence-corrected chi connectivity index (χ3v) is 6.29. The normalized spacial score (nSPS) is 18.1. The van der Waals surface area contributed by atoms with E-state index in [0.717, 1.165) is 0 Å². The molecule has 1 atom stereocenters. The lowest BCUT2D eigenvalue weighted by Crippen LogP contribution is -2.75. The second-order valence-electron chi connectivity index (χ2n) is 9.53. The fourth-order valence-electron chi connectivity index (χ4n) is 3.23. The quantitative estimate of drug-likeness (QED) is 0.0948. The summed E-state index contributed by atoms with van der Waals surface area (Å²) in [6, 6.07) is 1.69. The highest BCUT2D eigenvalue weighted by Gasteiger charge is 2.95. The van der Waals surface area contributed by atoms with Crippen LogP contribution < -0.4 is 0 Å². The molecule has 0 bridgehead atoms. The van der Waals surface area contributed by atoms with Gasteiger partial charge in [0.1, 0.15) is 5.60 Å². The van der Waals surface area contributed by atoms with Crippen molar-refractivity contribution in [3.63, 3.8) is 0 Å². The molecule has 1 rings (SSSR count). The Hall–Kier alpha value is -3.28. The minimum atomic E-state index is -8.76. The van der Waals surface area contributed by atoms with Crippen molar-refractivity contribution in [1.29, 1.82) is 5.26 Å². The zero-order chi connectivity index (χ0) is 35.2. The van der Waals surface area contributed by atoms with Gasteiger partial charge in [-0.05, 0) is 19.4 Å². The van der Waals surface area contributed by atoms with Crippen molar-refractivity contribution >= 4 is 11.9 Å². The van der Waals surface area contributed by atoms with E-state index in [-0.39, 0.29) is 44.9 Å². The van der Waals surface area contributed by atoms with Crippen LogP contribution in [0.5, 0.6) is 0 Å². The Morgan fingerprint density at radius 1 is 0.818 bits per heavy atom. The Kier molecular flexibility index (Phi) is 10.2. The van der Waals surface area contributed by atoms with E-state index in [4.69, 9.17) is 5.26 Å². The van der Waals surface area contributed by atoms with Crippen LogP contribution in [0.1, 0.15) is 33.6 Å². The molecule has 0 N–H and O–H groups in total. The zero-order valence-corrected chi connectivity index (χ0v) is 21.8. The van der Waals surface area contributed by atoms with Gasteiger partial charge in [0.15, 0.2) is 0 Å². The first-order valence-corrected chi connectivity index (χ1v) is 11.2. The maximum absolute atomic E-state index is 14.7. The highest BCUT2D eigenvalue weighted by molar-refractivity contribution is 6.02. The Morgan fingerprint density at radius 2 is 1.25 bits per heavy atom. The maximum atomic E-state index is 14.7. The molecule has 0 aromatic heterocycles. The molecule has 0 aliphatic heterocycles. The molecule has 252 valence electrons. The molecule has 0 aromatic carbocycles. The van der Waals surface area contributed by atoms with Crippen molar-refractivity contribution in [2.24, 2.45) is 11.1 Å². The van der Waals surface area contributed by atoms with E-state index in [1.54, 1.807) is 6.07 Å². The van der Waals surface area contributed by atoms with Crippen LogP contribution in [-0.4, -0.2) is 65.1 Å². The van der Waals surface area contributed by atoms with Gasteiger partial charge in [0.05, 0.1) is 24.1 Å². The van der Waals surface area contributed by atoms with Gasteiger partial charge in [-0.25, -0.2) is 4.79 Å². The molecule has 1 unspecified atom stereocenters. The molecule has 0 saturated heterocycles. The Labute approximate surface area is 234 Å². The minimum absolute atomic E-state index is 0.0905. The van der Waals surface area contributed by atoms with Crippen molar-refractivity contribution in [3.05, 3.63) is 23.8 Å². The van der Waals surface area contributed by atoms with Gasteiger partial charge in [-0.2, -0.15) is 79.9 Å². The van der Waals surface area contributed by atoms with Crippen molar-refractivity contribution in [1.82, 2.24) is 0 Å². The number of carbonyl (C=O) groups excluding carboxylic acids is 1. The summed E-state index contributed by atoms with van der Waals surface area (Å²) in [6.45, 7) is 0.220. The Bertz CT molecular complexity index is 1230. The summed E-state index contributed by atoms with van der Waals surface area (Å²) >= 11 is 0. The third-order valence-electron chi connectivity index (χ3n) is 6.29. The molecule has 1 aliphatic rings. The van der Waals surface area contributed by atoms with Gasteiger partial charge in [-0.3, -0.25) is 4.84 Å². The third kappa shape index (κ3) is 6.01. The largest absolute Gasteiger partial charge is 0.535 e. The summed E-state index contributed by atoms with van der Waals surface area (Å²) < 4.78 is 235. The number of oxime groups is 1. The van der Waals surface area contributed by atoms with E-state index >= 15 is 0 Å². The van der Waals surface area contributed by atoms with E-state index in [2.05, 4.69) is 14.7 Å². The van der Waals surface area contributed by atoms with Crippen LogP contribution in [0.25, 0.3) is 0 Å². The van der Waals surface area contributed by atoms with E-state index < -0.39 is 65.3 Å². The highest BCUT2D eigenvalue weighted by atomic mass is 19.4. The predicted octanol–water partition coefficient (Wildman–Crippen LogP) is 8.72. The molecule has 0 saturated carbocycles. The first kappa shape index (κ1) is 38.7. The molecule has 0 fully saturated rings. The van der Waals surface area contributed by atoms with Crippen LogP contribution in [0.15, 0.2) is 29.0 Å². The van der Waals surface area contributed by atoms with Crippen molar-refractivity contribution in [3.8, 4) is 6.07 Å². The van der Waals surface area contributed by atoms with Crippen LogP contribution in [0.2, 0.25) is 0 Å². The van der Waals surface area contributed by atoms with Crippen molar-refractivity contribution < 1.29 is 89.0 Å². The summed E-state index contributed by atoms with van der Waals surface area (Å²) in [6.07, 6.45) is -6.24. The number of nitrogens with zero attached hydrogens (tertiary/aromatic N) is 2. The number of ether oxygens (including phenoxy) is 1. The summed E-state index contributed by atoms with van der Waals surface area (Å²) in [5.41, 5.74) is -3.23. The number of hydrogen-bond acceptors (Lipinski definition) is 5. The Balaban J connectivity index is 3.43. The summed E-state index contributed by atoms with van der Waals surface area (Å²) in [5, 5.41) is 12.0. The molecule has 0 heterocycles. The number of alkyl halides is 17. The monoisotopic (exact) mass is 680 g/mol. The SMILES string of the molecule is CC(C(C)(C)OC(=O)ON=C1CC=CC=C1CC#N)C(F)(F)C(F)(F)C(F)(F)C(F)(F)C(F)(F)C(F)(F)C(F)(F)C(F)(F)F. The molecular weight excluding hydrogens is 663 g/mol. The number of nitriles is 1. The second-order valence-corrected chi connectivity index (χ2v) is 9.53. The van der Waals surface area contributed by atoms with Crippen LogP contribution in [0, 0.1) is 17.2 Å². The predicted molar refractivity (Wildman–Crippen MR) is 111 cm³/mol. The fraction of sp³-hybridized carbons (Fsp3) is 0.682. The van der Waals surface area contributed by atoms with Crippen LogP contribution in [-0.2, 0) is 9.57 Å². The number of hydrogen-bond donors (Lipinski definition) is 0. The highest BCUT2D eigenvalue weighted by Crippen LogP contribution is 2.65. The van der Waals surface area contributed by atoms with Crippen LogP contribution in [0.4, 0.5) is 79.4 Å². The summed E-state index contributed by atoms with van der Waals surface area (Å²) in [5.74, 6) is -61.3. The van der Waals surface area contributed by atoms with Gasteiger partial charge in [0, 0.05) is 6.42 Å². The van der Waals surface area contributed by atoms with Gasteiger partial charge >= 0.3 is 53.8 Å². The zero-order valence-electron chi connectivity index (χ0n) is 21.8. The average molecular weight is 680 g/mol. The van der Waals surface area contributed by atoms with Crippen LogP contribution >= 0.6 is 0 Å². The molecule has 22 heteroatoms. The van der Waals surface area contributed by atoms with Crippen molar-refractivity contribution in [2.45, 2.75) is 86.8 Å². The molecule has 0 aromatic rings. The molecular formula is C22H17F17N2O3. The number of halogens is 17. The fourth-order valence-corrected chi connectivity index (χ4v) is 3.23. The Morgan fingerprint density at radius 3 is 1.68 bits per heavy atom. The summed E-state index contributed by atoms with van der Waals surface area (Å²) in [7, 11) is 0. The lowest BCUT2D eigenvalue weighted by atomic mass is 9.79. The lowest BCUT2D eigenvalue weighted by molar-refractivity contribution is -0.464. The van der Waals surface area contributed by atoms with Gasteiger partial charge in [0.25, 0.3) is 0 Å². The maximum Gasteiger partial charge on any atom is 0.535 e. The molecule has 0 spiro atoms. The summed E-state index contributed by atoms with van der Waals surface area (Å²) in [4.78, 5) is 16.1. The van der Waals surface area contributed by atoms with Crippen LogP contribution in [0.3, 0.4) is 0 Å². The van der Waals surface area contributed by atoms with Gasteiger partial charge < -0.3 is 4.74 Å². The standard InChI is InChI=1S/C22H17F17N2O3/c1-10(14(2,3)43-13(42)44-41-12-7-5-4-6-11(12)8-9-40)15(23,24)16(25,26)17(27,28)18(29,30)19(31,32)20(33,34)21(35,36)22(37,38)39/h4-6,10H,7-8H2,1-3H3. The molecule has 44 heavy (non-hydrogen) atoms. The van der Waals surface area contributed by atoms with Gasteiger partial charge in [-0.15, -0.1) is 0 Å². The number of rotatable bonds is 11. The molecule has 0 amide bonds. The van der Waals surface area contributed by atoms with Gasteiger partial charge in [-0.1, -0.05) is 30.3 Å². The number of allylic oxidation sites excluding steroid dienone is 4. The second kappa shape index (κ2) is 11.6. The molecule has 1 aliphatic carbocycles. The van der Waals surface area contributed by atoms with E-state index in [0.29, 0.717) is 0 Å². The van der Waals surface area contributed by atoms with E-state index in [1.807, 2.05) is 0 Å². The topological polar surface area (TPSA) is 71.7 Å². The lowest BCUT2D eigenvalue weighted by Gasteiger charge is -2.45. The van der Waals surface area contributed by atoms with Crippen molar-refractivity contribution in [2.75, 3.05) is 0 Å². The molecule has 0 radical (unpaired) electrons. The smallest absolute Gasteiger partial charge is 0.426 e. The average Bonchev–Trinajstić information content (AvgIpc) is 2.86. The minimum Gasteiger partial charge on any atom is -0.426 e. The first-order chi connectivity index (χ1) is 19.3.